The smallest absolute Gasteiger partial charge is 0.242 e. The van der Waals surface area contributed by atoms with Crippen LogP contribution in [0, 0.1) is 6.92 Å². The number of amides is 2. The number of hydrogen-bond acceptors (Lipinski definition) is 3. The van der Waals surface area contributed by atoms with Gasteiger partial charge in [-0.25, -0.2) is 0 Å². The lowest BCUT2D eigenvalue weighted by Crippen LogP contribution is -2.46. The van der Waals surface area contributed by atoms with Crippen molar-refractivity contribution in [2.24, 2.45) is 0 Å². The van der Waals surface area contributed by atoms with Crippen molar-refractivity contribution < 1.29 is 9.59 Å². The maximum absolute atomic E-state index is 12.9. The Morgan fingerprint density at radius 1 is 1.14 bits per heavy atom. The van der Waals surface area contributed by atoms with Crippen LogP contribution in [0.1, 0.15) is 30.9 Å². The normalized spacial score (nSPS) is 11.7. The van der Waals surface area contributed by atoms with Gasteiger partial charge in [0.2, 0.25) is 11.8 Å². The average Bonchev–Trinajstić information content (AvgIpc) is 2.70. The molecule has 0 spiro atoms. The summed E-state index contributed by atoms with van der Waals surface area (Å²) < 4.78 is 0. The van der Waals surface area contributed by atoms with Crippen molar-refractivity contribution in [3.63, 3.8) is 0 Å². The fourth-order valence-electron chi connectivity index (χ4n) is 2.85. The molecule has 0 radical (unpaired) electrons. The fourth-order valence-corrected chi connectivity index (χ4v) is 3.83. The molecule has 4 nitrogen and oxygen atoms in total. The van der Waals surface area contributed by atoms with E-state index in [1.165, 1.54) is 0 Å². The van der Waals surface area contributed by atoms with Gasteiger partial charge in [-0.3, -0.25) is 9.59 Å². The molecule has 0 aliphatic rings. The fraction of sp³-hybridized carbons (Fsp3) is 0.364. The van der Waals surface area contributed by atoms with Gasteiger partial charge in [-0.1, -0.05) is 35.9 Å². The van der Waals surface area contributed by atoms with Gasteiger partial charge in [0.25, 0.3) is 0 Å². The van der Waals surface area contributed by atoms with E-state index in [0.717, 1.165) is 33.2 Å². The molecule has 0 saturated heterocycles. The van der Waals surface area contributed by atoms with Crippen LogP contribution in [0.25, 0.3) is 0 Å². The number of carbonyl (C=O) groups excluding carboxylic acids is 2. The van der Waals surface area contributed by atoms with Crippen LogP contribution < -0.4 is 5.32 Å². The zero-order valence-corrected chi connectivity index (χ0v) is 18.1. The molecule has 0 saturated carbocycles. The number of nitrogens with zero attached hydrogens (tertiary/aromatic N) is 1. The molecule has 2 rings (SSSR count). The van der Waals surface area contributed by atoms with E-state index in [4.69, 9.17) is 11.6 Å². The number of benzene rings is 2. The molecule has 1 N–H and O–H groups in total. The first kappa shape index (κ1) is 22.3. The Kier molecular flexibility index (Phi) is 8.87. The highest BCUT2D eigenvalue weighted by Gasteiger charge is 2.25. The highest BCUT2D eigenvalue weighted by atomic mass is 35.5. The summed E-state index contributed by atoms with van der Waals surface area (Å²) in [5.74, 6) is 0.675. The first-order valence-electron chi connectivity index (χ1n) is 9.36. The molecule has 0 fully saturated rings. The molecule has 150 valence electrons. The van der Waals surface area contributed by atoms with Gasteiger partial charge in [0, 0.05) is 29.9 Å². The number of thioether (sulfide) groups is 1. The lowest BCUT2D eigenvalue weighted by molar-refractivity contribution is -0.140. The molecular weight excluding hydrogens is 392 g/mol. The quantitative estimate of drug-likeness (QED) is 0.475. The van der Waals surface area contributed by atoms with Crippen LogP contribution in [0.2, 0.25) is 5.02 Å². The molecule has 6 heteroatoms. The molecule has 0 aromatic heterocycles. The predicted octanol–water partition coefficient (Wildman–Crippen LogP) is 4.68. The first-order valence-corrected chi connectivity index (χ1v) is 10.7. The second-order valence-electron chi connectivity index (χ2n) is 6.64. The Balaban J connectivity index is 1.97. The van der Waals surface area contributed by atoms with E-state index in [-0.39, 0.29) is 11.8 Å². The molecular formula is C22H27ClN2O2S. The van der Waals surface area contributed by atoms with Crippen LogP contribution in [-0.4, -0.2) is 35.6 Å². The topological polar surface area (TPSA) is 49.4 Å². The zero-order valence-electron chi connectivity index (χ0n) is 16.6. The van der Waals surface area contributed by atoms with Crippen molar-refractivity contribution in [3.8, 4) is 0 Å². The van der Waals surface area contributed by atoms with Crippen LogP contribution in [0.3, 0.4) is 0 Å². The summed E-state index contributed by atoms with van der Waals surface area (Å²) in [6, 6.07) is 15.1. The van der Waals surface area contributed by atoms with Crippen molar-refractivity contribution >= 4 is 35.2 Å². The Morgan fingerprint density at radius 2 is 1.82 bits per heavy atom. The van der Waals surface area contributed by atoms with E-state index in [1.54, 1.807) is 30.6 Å². The van der Waals surface area contributed by atoms with Crippen molar-refractivity contribution in [3.05, 3.63) is 64.7 Å². The molecule has 0 aliphatic carbocycles. The lowest BCUT2D eigenvalue weighted by Gasteiger charge is -2.29. The van der Waals surface area contributed by atoms with E-state index < -0.39 is 6.04 Å². The summed E-state index contributed by atoms with van der Waals surface area (Å²) in [6.07, 6.45) is 1.16. The van der Waals surface area contributed by atoms with Gasteiger partial charge in [0.1, 0.15) is 6.04 Å². The highest BCUT2D eigenvalue weighted by Crippen LogP contribution is 2.22. The minimum atomic E-state index is -0.513. The van der Waals surface area contributed by atoms with Gasteiger partial charge in [-0.05, 0) is 61.4 Å². The highest BCUT2D eigenvalue weighted by molar-refractivity contribution is 7.99. The Hall–Kier alpha value is -1.98. The third-order valence-corrected chi connectivity index (χ3v) is 5.98. The third-order valence-electron chi connectivity index (χ3n) is 4.63. The second-order valence-corrected chi connectivity index (χ2v) is 8.25. The van der Waals surface area contributed by atoms with E-state index in [2.05, 4.69) is 5.32 Å². The summed E-state index contributed by atoms with van der Waals surface area (Å²) in [7, 11) is 1.60. The Labute approximate surface area is 176 Å². The maximum atomic E-state index is 12.9. The van der Waals surface area contributed by atoms with E-state index in [9.17, 15) is 9.59 Å². The number of aryl methyl sites for hydroxylation is 1. The molecule has 2 aromatic carbocycles. The Bertz CT molecular complexity index is 795. The largest absolute Gasteiger partial charge is 0.357 e. The van der Waals surface area contributed by atoms with E-state index >= 15 is 0 Å². The van der Waals surface area contributed by atoms with Gasteiger partial charge in [-0.15, -0.1) is 11.8 Å². The number of likely N-dealkylation sites (N-methyl/N-ethyl adjacent to an activating group) is 1. The SMILES string of the molecule is CNC(=O)[C@H](C)N(Cc1ccccc1C)C(=O)CCCSc1ccc(Cl)cc1. The maximum Gasteiger partial charge on any atom is 0.242 e. The standard InChI is InChI=1S/C22H27ClN2O2S/c1-16-7-4-5-8-18(16)15-25(17(2)22(27)24-3)21(26)9-6-14-28-20-12-10-19(23)11-13-20/h4-5,7-8,10-13,17H,6,9,14-15H2,1-3H3,(H,24,27)/t17-/m0/s1. The third kappa shape index (κ3) is 6.57. The van der Waals surface area contributed by atoms with Crippen LogP contribution >= 0.6 is 23.4 Å². The van der Waals surface area contributed by atoms with Crippen molar-refractivity contribution in [1.29, 1.82) is 0 Å². The minimum Gasteiger partial charge on any atom is -0.357 e. The number of rotatable bonds is 9. The summed E-state index contributed by atoms with van der Waals surface area (Å²) in [5, 5.41) is 3.36. The van der Waals surface area contributed by atoms with Crippen LogP contribution in [0.5, 0.6) is 0 Å². The van der Waals surface area contributed by atoms with Crippen LogP contribution in [-0.2, 0) is 16.1 Å². The van der Waals surface area contributed by atoms with Gasteiger partial charge < -0.3 is 10.2 Å². The van der Waals surface area contributed by atoms with Gasteiger partial charge in [-0.2, -0.15) is 0 Å². The van der Waals surface area contributed by atoms with Crippen LogP contribution in [0.15, 0.2) is 53.4 Å². The van der Waals surface area contributed by atoms with Gasteiger partial charge >= 0.3 is 0 Å². The molecule has 0 aliphatic heterocycles. The summed E-state index contributed by atoms with van der Waals surface area (Å²) in [5.41, 5.74) is 2.17. The predicted molar refractivity (Wildman–Crippen MR) is 117 cm³/mol. The molecule has 0 bridgehead atoms. The number of carbonyl (C=O) groups is 2. The molecule has 2 amide bonds. The molecule has 0 unspecified atom stereocenters. The number of nitrogens with one attached hydrogen (secondary N) is 1. The second kappa shape index (κ2) is 11.1. The van der Waals surface area contributed by atoms with Gasteiger partial charge in [0.05, 0.1) is 0 Å². The minimum absolute atomic E-state index is 0.00365. The number of halogens is 1. The lowest BCUT2D eigenvalue weighted by atomic mass is 10.1. The van der Waals surface area contributed by atoms with Crippen LogP contribution in [0.4, 0.5) is 0 Å². The zero-order chi connectivity index (χ0) is 20.5. The molecule has 0 heterocycles. The molecule has 1 atom stereocenters. The number of hydrogen-bond donors (Lipinski definition) is 1. The van der Waals surface area contributed by atoms with E-state index in [0.29, 0.717) is 13.0 Å². The van der Waals surface area contributed by atoms with Crippen molar-refractivity contribution in [2.75, 3.05) is 12.8 Å². The summed E-state index contributed by atoms with van der Waals surface area (Å²) >= 11 is 7.60. The first-order chi connectivity index (χ1) is 13.4. The Morgan fingerprint density at radius 3 is 2.46 bits per heavy atom. The summed E-state index contributed by atoms with van der Waals surface area (Å²) in [6.45, 7) is 4.23. The summed E-state index contributed by atoms with van der Waals surface area (Å²) in [4.78, 5) is 27.9. The van der Waals surface area contributed by atoms with Crippen molar-refractivity contribution in [1.82, 2.24) is 10.2 Å². The molecule has 28 heavy (non-hydrogen) atoms. The average molecular weight is 419 g/mol. The monoisotopic (exact) mass is 418 g/mol. The van der Waals surface area contributed by atoms with Gasteiger partial charge in [0.15, 0.2) is 0 Å². The van der Waals surface area contributed by atoms with Crippen molar-refractivity contribution in [2.45, 2.75) is 44.2 Å². The molecule has 2 aromatic rings. The van der Waals surface area contributed by atoms with E-state index in [1.807, 2.05) is 55.5 Å².